The summed E-state index contributed by atoms with van der Waals surface area (Å²) in [7, 11) is 0. The molecule has 3 aromatic carbocycles. The van der Waals surface area contributed by atoms with Gasteiger partial charge in [0.1, 0.15) is 17.3 Å². The molecule has 0 spiro atoms. The van der Waals surface area contributed by atoms with Crippen molar-refractivity contribution in [1.82, 2.24) is 4.98 Å². The average molecular weight is 510 g/mol. The van der Waals surface area contributed by atoms with Gasteiger partial charge in [-0.3, -0.25) is 4.98 Å². The predicted octanol–water partition coefficient (Wildman–Crippen LogP) is 7.95. The molecule has 1 aromatic heterocycles. The number of pyridine rings is 1. The minimum atomic E-state index is -0.862. The van der Waals surface area contributed by atoms with E-state index in [1.807, 2.05) is 18.2 Å². The molecular formula is C33H35NO2S. The predicted molar refractivity (Wildman–Crippen MR) is 156 cm³/mol. The Morgan fingerprint density at radius 3 is 2.03 bits per heavy atom. The van der Waals surface area contributed by atoms with Gasteiger partial charge in [-0.1, -0.05) is 85.8 Å². The molecule has 0 amide bonds. The van der Waals surface area contributed by atoms with Crippen molar-refractivity contribution in [2.24, 2.45) is 0 Å². The fourth-order valence-corrected chi connectivity index (χ4v) is 5.63. The topological polar surface area (TPSA) is 45.2 Å². The Bertz CT molecular complexity index is 1230. The van der Waals surface area contributed by atoms with Crippen molar-refractivity contribution in [3.05, 3.63) is 132 Å². The van der Waals surface area contributed by atoms with E-state index in [0.29, 0.717) is 18.1 Å². The maximum absolute atomic E-state index is 12.3. The van der Waals surface area contributed by atoms with E-state index >= 15 is 0 Å². The first-order valence-electron chi connectivity index (χ1n) is 13.1. The third kappa shape index (κ3) is 8.08. The third-order valence-corrected chi connectivity index (χ3v) is 7.66. The van der Waals surface area contributed by atoms with Crippen molar-refractivity contribution in [2.45, 2.75) is 38.4 Å². The van der Waals surface area contributed by atoms with E-state index in [1.54, 1.807) is 6.20 Å². The summed E-state index contributed by atoms with van der Waals surface area (Å²) in [4.78, 5) is 4.26. The van der Waals surface area contributed by atoms with Crippen molar-refractivity contribution in [1.29, 1.82) is 0 Å². The molecule has 0 radical (unpaired) electrons. The monoisotopic (exact) mass is 509 g/mol. The summed E-state index contributed by atoms with van der Waals surface area (Å²) in [6.45, 7) is 2.88. The summed E-state index contributed by atoms with van der Waals surface area (Å²) in [5, 5.41) is 0. The second kappa shape index (κ2) is 14.4. The Balaban J connectivity index is 1.33. The van der Waals surface area contributed by atoms with Gasteiger partial charge in [-0.2, -0.15) is 0 Å². The van der Waals surface area contributed by atoms with Gasteiger partial charge in [-0.25, -0.2) is 0 Å². The average Bonchev–Trinajstić information content (AvgIpc) is 2.95. The molecule has 4 rings (SSSR count). The van der Waals surface area contributed by atoms with Gasteiger partial charge in [-0.05, 0) is 89.0 Å². The Morgan fingerprint density at radius 1 is 0.730 bits per heavy atom. The summed E-state index contributed by atoms with van der Waals surface area (Å²) < 4.78 is 18.3. The molecule has 0 saturated carbocycles. The fraction of sp³-hybridized carbons (Fsp3) is 0.242. The van der Waals surface area contributed by atoms with Gasteiger partial charge >= 0.3 is 0 Å². The van der Waals surface area contributed by atoms with Crippen LogP contribution in [-0.4, -0.2) is 21.9 Å². The van der Waals surface area contributed by atoms with Gasteiger partial charge in [-0.15, -0.1) is 0 Å². The van der Waals surface area contributed by atoms with Gasteiger partial charge in [0.25, 0.3) is 0 Å². The smallest absolute Gasteiger partial charge is 0.147 e. The van der Waals surface area contributed by atoms with Crippen LogP contribution in [0.5, 0.6) is 5.75 Å². The number of hydrogen-bond donors (Lipinski definition) is 0. The van der Waals surface area contributed by atoms with Crippen LogP contribution in [0, 0.1) is 0 Å². The zero-order valence-electron chi connectivity index (χ0n) is 21.5. The van der Waals surface area contributed by atoms with Crippen molar-refractivity contribution in [3.63, 3.8) is 0 Å². The molecule has 0 saturated heterocycles. The van der Waals surface area contributed by atoms with E-state index in [1.165, 1.54) is 27.8 Å². The van der Waals surface area contributed by atoms with Crippen molar-refractivity contribution < 1.29 is 9.29 Å². The van der Waals surface area contributed by atoms with Crippen molar-refractivity contribution in [3.8, 4) is 5.75 Å². The number of ether oxygens (including phenoxy) is 1. The molecule has 37 heavy (non-hydrogen) atoms. The third-order valence-electron chi connectivity index (χ3n) is 6.30. The van der Waals surface area contributed by atoms with Crippen LogP contribution in [0.2, 0.25) is 0 Å². The van der Waals surface area contributed by atoms with E-state index in [2.05, 4.69) is 96.8 Å². The SMILES string of the molecule is CC/C(=C(\c1ccccc1)c1ccc(OCCCCC[S+]([O-])Cc2ccccn2)cc1)c1ccccc1. The lowest BCUT2D eigenvalue weighted by Gasteiger charge is -2.17. The van der Waals surface area contributed by atoms with E-state index in [4.69, 9.17) is 4.74 Å². The summed E-state index contributed by atoms with van der Waals surface area (Å²) in [6.07, 6.45) is 5.59. The molecule has 0 aliphatic heterocycles. The molecule has 0 fully saturated rings. The maximum Gasteiger partial charge on any atom is 0.147 e. The van der Waals surface area contributed by atoms with Crippen LogP contribution in [0.1, 0.15) is 55.0 Å². The summed E-state index contributed by atoms with van der Waals surface area (Å²) in [5.74, 6) is 2.13. The van der Waals surface area contributed by atoms with Crippen molar-refractivity contribution in [2.75, 3.05) is 12.4 Å². The van der Waals surface area contributed by atoms with E-state index in [0.717, 1.165) is 37.1 Å². The largest absolute Gasteiger partial charge is 0.616 e. The van der Waals surface area contributed by atoms with Crippen LogP contribution >= 0.6 is 0 Å². The van der Waals surface area contributed by atoms with E-state index < -0.39 is 11.2 Å². The standard InChI is InChI=1S/C33H35NO2S/c1-2-32(27-14-6-3-7-15-27)33(28-16-8-4-9-17-28)29-19-21-31(22-20-29)36-24-12-5-13-25-37(35)26-30-18-10-11-23-34-30/h3-4,6-11,14-23H,2,5,12-13,24-26H2,1H3/b33-32-. The van der Waals surface area contributed by atoms with Gasteiger partial charge in [0.15, 0.2) is 0 Å². The molecular weight excluding hydrogens is 474 g/mol. The number of unbranched alkanes of at least 4 members (excludes halogenated alkanes) is 2. The van der Waals surface area contributed by atoms with Crippen LogP contribution in [0.3, 0.4) is 0 Å². The van der Waals surface area contributed by atoms with Crippen LogP contribution in [0.15, 0.2) is 109 Å². The maximum atomic E-state index is 12.3. The first kappa shape index (κ1) is 26.7. The van der Waals surface area contributed by atoms with Gasteiger partial charge < -0.3 is 9.29 Å². The highest BCUT2D eigenvalue weighted by Gasteiger charge is 2.13. The molecule has 0 aliphatic carbocycles. The lowest BCUT2D eigenvalue weighted by Crippen LogP contribution is -2.10. The number of nitrogens with zero attached hydrogens (tertiary/aromatic N) is 1. The van der Waals surface area contributed by atoms with Crippen LogP contribution in [0.25, 0.3) is 11.1 Å². The van der Waals surface area contributed by atoms with E-state index in [9.17, 15) is 4.55 Å². The Labute approximate surface area is 224 Å². The normalized spacial score (nSPS) is 12.6. The van der Waals surface area contributed by atoms with Crippen molar-refractivity contribution >= 4 is 22.3 Å². The Morgan fingerprint density at radius 2 is 1.38 bits per heavy atom. The number of hydrogen-bond acceptors (Lipinski definition) is 3. The molecule has 190 valence electrons. The molecule has 1 heterocycles. The molecule has 0 bridgehead atoms. The lowest BCUT2D eigenvalue weighted by molar-refractivity contribution is 0.306. The number of aromatic nitrogens is 1. The fourth-order valence-electron chi connectivity index (χ4n) is 4.45. The van der Waals surface area contributed by atoms with Gasteiger partial charge in [0, 0.05) is 6.20 Å². The molecule has 3 nitrogen and oxygen atoms in total. The highest BCUT2D eigenvalue weighted by Crippen LogP contribution is 2.34. The second-order valence-electron chi connectivity index (χ2n) is 8.98. The van der Waals surface area contributed by atoms with Crippen LogP contribution in [0.4, 0.5) is 0 Å². The minimum Gasteiger partial charge on any atom is -0.616 e. The molecule has 4 heteroatoms. The zero-order chi connectivity index (χ0) is 25.7. The molecule has 0 N–H and O–H groups in total. The first-order chi connectivity index (χ1) is 18.2. The molecule has 4 aromatic rings. The quantitative estimate of drug-likeness (QED) is 0.104. The summed E-state index contributed by atoms with van der Waals surface area (Å²) >= 11 is -0.862. The minimum absolute atomic E-state index is 0.535. The molecule has 1 atom stereocenters. The van der Waals surface area contributed by atoms with Gasteiger partial charge in [0.05, 0.1) is 12.3 Å². The Kier molecular flexibility index (Phi) is 10.4. The van der Waals surface area contributed by atoms with E-state index in [-0.39, 0.29) is 0 Å². The second-order valence-corrected chi connectivity index (χ2v) is 10.6. The lowest BCUT2D eigenvalue weighted by atomic mass is 9.88. The molecule has 0 aliphatic rings. The zero-order valence-corrected chi connectivity index (χ0v) is 22.3. The van der Waals surface area contributed by atoms with Crippen LogP contribution < -0.4 is 4.74 Å². The summed E-state index contributed by atoms with van der Waals surface area (Å²) in [6, 6.07) is 35.5. The number of allylic oxidation sites excluding steroid dienone is 1. The number of benzene rings is 3. The van der Waals surface area contributed by atoms with Gasteiger partial charge in [0.2, 0.25) is 0 Å². The highest BCUT2D eigenvalue weighted by atomic mass is 32.2. The first-order valence-corrected chi connectivity index (χ1v) is 14.6. The highest BCUT2D eigenvalue weighted by molar-refractivity contribution is 7.90. The summed E-state index contributed by atoms with van der Waals surface area (Å²) in [5.41, 5.74) is 7.16. The molecule has 1 unspecified atom stereocenters. The number of rotatable bonds is 13. The van der Waals surface area contributed by atoms with Crippen LogP contribution in [-0.2, 0) is 16.9 Å². The Hall–Kier alpha value is -3.34.